The van der Waals surface area contributed by atoms with E-state index in [1.807, 2.05) is 60.7 Å². The molecule has 0 aliphatic carbocycles. The van der Waals surface area contributed by atoms with Gasteiger partial charge >= 0.3 is 6.21 Å². The van der Waals surface area contributed by atoms with Crippen LogP contribution < -0.4 is 5.32 Å². The molecule has 1 N–H and O–H groups in total. The highest BCUT2D eigenvalue weighted by atomic mass is 16.1. The summed E-state index contributed by atoms with van der Waals surface area (Å²) in [6, 6.07) is 19.7. The van der Waals surface area contributed by atoms with Crippen molar-refractivity contribution in [2.45, 2.75) is 19.0 Å². The van der Waals surface area contributed by atoms with Gasteiger partial charge in [0.2, 0.25) is 5.78 Å². The Hall–Kier alpha value is -2.55. The summed E-state index contributed by atoms with van der Waals surface area (Å²) in [5, 5.41) is 3.38. The maximum absolute atomic E-state index is 11.7. The van der Waals surface area contributed by atoms with Gasteiger partial charge in [0.15, 0.2) is 0 Å². The molecule has 4 nitrogen and oxygen atoms in total. The lowest BCUT2D eigenvalue weighted by Crippen LogP contribution is -2.24. The van der Waals surface area contributed by atoms with Gasteiger partial charge in [0.25, 0.3) is 0 Å². The Labute approximate surface area is 124 Å². The van der Waals surface area contributed by atoms with Crippen molar-refractivity contribution in [1.82, 2.24) is 5.32 Å². The maximum Gasteiger partial charge on any atom is 0.323 e. The van der Waals surface area contributed by atoms with Gasteiger partial charge in [0.05, 0.1) is 0 Å². The zero-order valence-corrected chi connectivity index (χ0v) is 11.6. The number of carbonyl (C=O) groups excluding carboxylic acids is 1. The molecule has 21 heavy (non-hydrogen) atoms. The molecule has 2 aromatic rings. The van der Waals surface area contributed by atoms with E-state index in [2.05, 4.69) is 10.1 Å². The summed E-state index contributed by atoms with van der Waals surface area (Å²) in [6.45, 7) is 0.671. The van der Waals surface area contributed by atoms with E-state index in [9.17, 15) is 4.79 Å². The number of rotatable bonds is 7. The minimum atomic E-state index is -0.216. The SMILES string of the molecule is [N-]=[N+]=CC(=O)CC(NCc1ccccc1)c1ccccc1. The molecule has 0 aliphatic heterocycles. The van der Waals surface area contributed by atoms with Gasteiger partial charge in [0.1, 0.15) is 0 Å². The Morgan fingerprint density at radius 1 is 1.10 bits per heavy atom. The normalized spacial score (nSPS) is 11.4. The third kappa shape index (κ3) is 4.80. The lowest BCUT2D eigenvalue weighted by Gasteiger charge is -2.17. The summed E-state index contributed by atoms with van der Waals surface area (Å²) in [5.41, 5.74) is 10.6. The fourth-order valence-electron chi connectivity index (χ4n) is 2.15. The maximum atomic E-state index is 11.7. The highest BCUT2D eigenvalue weighted by Gasteiger charge is 2.16. The van der Waals surface area contributed by atoms with Crippen LogP contribution in [0.5, 0.6) is 0 Å². The van der Waals surface area contributed by atoms with Gasteiger partial charge in [-0.05, 0) is 11.1 Å². The van der Waals surface area contributed by atoms with Crippen molar-refractivity contribution in [3.8, 4) is 0 Å². The monoisotopic (exact) mass is 279 g/mol. The van der Waals surface area contributed by atoms with Crippen LogP contribution in [0.2, 0.25) is 0 Å². The molecule has 0 aliphatic rings. The van der Waals surface area contributed by atoms with Crippen LogP contribution in [0.25, 0.3) is 5.53 Å². The van der Waals surface area contributed by atoms with Gasteiger partial charge in [-0.2, -0.15) is 4.79 Å². The predicted octanol–water partition coefficient (Wildman–Crippen LogP) is 2.78. The van der Waals surface area contributed by atoms with E-state index in [4.69, 9.17) is 5.53 Å². The van der Waals surface area contributed by atoms with Gasteiger partial charge in [-0.15, -0.1) is 0 Å². The molecule has 1 unspecified atom stereocenters. The molecule has 0 spiro atoms. The Morgan fingerprint density at radius 3 is 2.33 bits per heavy atom. The van der Waals surface area contributed by atoms with Crippen molar-refractivity contribution in [3.05, 3.63) is 77.3 Å². The van der Waals surface area contributed by atoms with E-state index >= 15 is 0 Å². The van der Waals surface area contributed by atoms with Crippen molar-refractivity contribution < 1.29 is 9.58 Å². The summed E-state index contributed by atoms with van der Waals surface area (Å²) in [7, 11) is 0. The van der Waals surface area contributed by atoms with Gasteiger partial charge in [-0.1, -0.05) is 60.7 Å². The molecule has 0 bridgehead atoms. The highest BCUT2D eigenvalue weighted by molar-refractivity contribution is 6.25. The molecule has 1 atom stereocenters. The van der Waals surface area contributed by atoms with Crippen LogP contribution >= 0.6 is 0 Å². The summed E-state index contributed by atoms with van der Waals surface area (Å²) in [4.78, 5) is 14.5. The molecule has 4 heteroatoms. The predicted molar refractivity (Wildman–Crippen MR) is 81.8 cm³/mol. The van der Waals surface area contributed by atoms with E-state index in [1.165, 1.54) is 0 Å². The molecule has 106 valence electrons. The lowest BCUT2D eigenvalue weighted by atomic mass is 10.0. The van der Waals surface area contributed by atoms with Crippen LogP contribution in [0.1, 0.15) is 23.6 Å². The van der Waals surface area contributed by atoms with E-state index in [-0.39, 0.29) is 18.2 Å². The first-order valence-electron chi connectivity index (χ1n) is 6.82. The fourth-order valence-corrected chi connectivity index (χ4v) is 2.15. The number of ketones is 1. The average Bonchev–Trinajstić information content (AvgIpc) is 2.53. The van der Waals surface area contributed by atoms with E-state index < -0.39 is 0 Å². The first kappa shape index (κ1) is 14.9. The number of hydrogen-bond acceptors (Lipinski definition) is 2. The van der Waals surface area contributed by atoms with E-state index in [0.717, 1.165) is 17.3 Å². The third-order valence-electron chi connectivity index (χ3n) is 3.20. The van der Waals surface area contributed by atoms with E-state index in [0.29, 0.717) is 6.54 Å². The standard InChI is InChI=1S/C17H17N3O/c18-20-13-16(21)11-17(15-9-5-2-6-10-15)19-12-14-7-3-1-4-8-14/h1-10,13,17,19H,11-12H2. The van der Waals surface area contributed by atoms with Crippen molar-refractivity contribution in [1.29, 1.82) is 0 Å². The Morgan fingerprint density at radius 2 is 1.71 bits per heavy atom. The minimum Gasteiger partial charge on any atom is -0.361 e. The zero-order chi connectivity index (χ0) is 14.9. The number of nitrogens with one attached hydrogen (secondary N) is 1. The number of hydrogen-bond donors (Lipinski definition) is 1. The molecule has 0 fully saturated rings. The summed E-state index contributed by atoms with van der Waals surface area (Å²) in [6.07, 6.45) is 1.20. The lowest BCUT2D eigenvalue weighted by molar-refractivity contribution is -0.116. The van der Waals surface area contributed by atoms with Crippen LogP contribution in [0, 0.1) is 0 Å². The number of benzene rings is 2. The Balaban J connectivity index is 2.08. The largest absolute Gasteiger partial charge is 0.361 e. The van der Waals surface area contributed by atoms with Gasteiger partial charge < -0.3 is 10.8 Å². The molecule has 2 rings (SSSR count). The number of nitrogens with zero attached hydrogens (tertiary/aromatic N) is 2. The first-order chi connectivity index (χ1) is 10.3. The average molecular weight is 279 g/mol. The number of carbonyl (C=O) groups is 1. The van der Waals surface area contributed by atoms with Gasteiger partial charge in [0, 0.05) is 19.0 Å². The molecule has 0 radical (unpaired) electrons. The number of Topliss-reactive ketones (excluding diaryl/α,β-unsaturated/α-hetero) is 1. The molecule has 0 saturated heterocycles. The topological polar surface area (TPSA) is 65.5 Å². The smallest absolute Gasteiger partial charge is 0.323 e. The minimum absolute atomic E-state index is 0.114. The van der Waals surface area contributed by atoms with Crippen LogP contribution in [-0.2, 0) is 11.3 Å². The molecule has 0 saturated carbocycles. The summed E-state index contributed by atoms with van der Waals surface area (Å²) in [5.74, 6) is -0.216. The summed E-state index contributed by atoms with van der Waals surface area (Å²) >= 11 is 0. The van der Waals surface area contributed by atoms with Gasteiger partial charge in [-0.3, -0.25) is 4.79 Å². The Bertz CT molecular complexity index is 619. The van der Waals surface area contributed by atoms with Crippen molar-refractivity contribution in [2.24, 2.45) is 0 Å². The van der Waals surface area contributed by atoms with Crippen molar-refractivity contribution >= 4 is 12.0 Å². The molecule has 0 amide bonds. The molecular weight excluding hydrogens is 262 g/mol. The summed E-state index contributed by atoms with van der Waals surface area (Å²) < 4.78 is 0. The third-order valence-corrected chi connectivity index (χ3v) is 3.20. The van der Waals surface area contributed by atoms with Crippen molar-refractivity contribution in [2.75, 3.05) is 0 Å². The Kier molecular flexibility index (Phi) is 5.59. The van der Waals surface area contributed by atoms with Crippen LogP contribution in [0.15, 0.2) is 60.7 Å². The highest BCUT2D eigenvalue weighted by Crippen LogP contribution is 2.17. The molecule has 0 aromatic heterocycles. The molecule has 0 heterocycles. The fraction of sp³-hybridized carbons (Fsp3) is 0.176. The second-order valence-electron chi connectivity index (χ2n) is 4.74. The van der Waals surface area contributed by atoms with Crippen molar-refractivity contribution in [3.63, 3.8) is 0 Å². The second kappa shape index (κ2) is 7.90. The quantitative estimate of drug-likeness (QED) is 0.481. The second-order valence-corrected chi connectivity index (χ2v) is 4.74. The van der Waals surface area contributed by atoms with Gasteiger partial charge in [-0.25, -0.2) is 0 Å². The van der Waals surface area contributed by atoms with Crippen LogP contribution in [0.4, 0.5) is 0 Å². The van der Waals surface area contributed by atoms with Crippen LogP contribution in [0.3, 0.4) is 0 Å². The van der Waals surface area contributed by atoms with Crippen LogP contribution in [-0.4, -0.2) is 16.8 Å². The molecular formula is C17H17N3O. The zero-order valence-electron chi connectivity index (χ0n) is 11.6. The van der Waals surface area contributed by atoms with E-state index in [1.54, 1.807) is 0 Å². The first-order valence-corrected chi connectivity index (χ1v) is 6.82. The molecule has 2 aromatic carbocycles.